The lowest BCUT2D eigenvalue weighted by atomic mass is 10.5. The van der Waals surface area contributed by atoms with E-state index in [1.807, 2.05) is 0 Å². The fourth-order valence-corrected chi connectivity index (χ4v) is 0.631. The van der Waals surface area contributed by atoms with E-state index >= 15 is 0 Å². The van der Waals surface area contributed by atoms with Gasteiger partial charge in [-0.15, -0.1) is 0 Å². The van der Waals surface area contributed by atoms with E-state index in [1.54, 1.807) is 0 Å². The van der Waals surface area contributed by atoms with E-state index in [9.17, 15) is 27.4 Å². The van der Waals surface area contributed by atoms with Gasteiger partial charge in [0.05, 0.1) is 0 Å². The molecule has 0 aliphatic heterocycles. The fourth-order valence-electron chi connectivity index (χ4n) is 0.631. The molecule has 0 saturated heterocycles. The monoisotopic (exact) mass is 794 g/mol. The molecule has 0 radical (unpaired) electrons. The molecule has 0 aliphatic carbocycles. The molecule has 0 bridgehead atoms. The Labute approximate surface area is 267 Å². The Hall–Kier alpha value is -0.820. The Bertz CT molecular complexity index is 892. The van der Waals surface area contributed by atoms with Crippen molar-refractivity contribution in [3.05, 3.63) is 74.4 Å². The van der Waals surface area contributed by atoms with Gasteiger partial charge < -0.3 is 80.8 Å². The van der Waals surface area contributed by atoms with Crippen LogP contribution >= 0.6 is 45.6 Å². The zero-order chi connectivity index (χ0) is 38.9. The topological polar surface area (TPSA) is 421 Å². The first-order chi connectivity index (χ1) is 20.3. The molecule has 0 unspecified atom stereocenters. The third-order valence-electron chi connectivity index (χ3n) is 2.55. The van der Waals surface area contributed by atoms with E-state index in [2.05, 4.69) is 50.1 Å². The number of rotatable bonds is 13. The molecule has 0 aliphatic rings. The van der Waals surface area contributed by atoms with Crippen LogP contribution in [0.5, 0.6) is 0 Å². The second kappa shape index (κ2) is 34.1. The van der Waals surface area contributed by atoms with E-state index in [-0.39, 0.29) is 0 Å². The first-order valence-electron chi connectivity index (χ1n) is 11.2. The van der Waals surface area contributed by atoms with Crippen molar-refractivity contribution >= 4 is 45.6 Å². The maximum Gasteiger partial charge on any atom is 0.348 e. The molecular weight excluding hydrogens is 746 g/mol. The summed E-state index contributed by atoms with van der Waals surface area (Å²) < 4.78 is 57.5. The molecule has 0 aromatic carbocycles. The van der Waals surface area contributed by atoms with Gasteiger partial charge in [0.15, 0.2) is 0 Å². The van der Waals surface area contributed by atoms with Crippen LogP contribution in [0.3, 0.4) is 0 Å². The Balaban J connectivity index is -0.0000000780. The predicted molar refractivity (Wildman–Crippen MR) is 177 cm³/mol. The molecule has 22 nitrogen and oxygen atoms in total. The molecule has 0 aromatic heterocycles. The summed E-state index contributed by atoms with van der Waals surface area (Å²) in [6.45, 7) is 22.3. The third kappa shape index (κ3) is 131. The maximum atomic E-state index is 9.58. The van der Waals surface area contributed by atoms with Crippen molar-refractivity contribution in [1.82, 2.24) is 10.6 Å². The first kappa shape index (κ1) is 60.5. The molecule has 0 atom stereocenters. The van der Waals surface area contributed by atoms with Crippen LogP contribution in [0.1, 0.15) is 0 Å². The van der Waals surface area contributed by atoms with Crippen LogP contribution < -0.4 is 22.1 Å². The summed E-state index contributed by atoms with van der Waals surface area (Å²) in [5.41, 5.74) is 10.5. The van der Waals surface area contributed by atoms with Crippen molar-refractivity contribution in [3.8, 4) is 0 Å². The van der Waals surface area contributed by atoms with Crippen LogP contribution in [-0.2, 0) is 27.4 Å². The molecular formula is C18H48N4O18P6. The minimum absolute atomic E-state index is 0.604. The summed E-state index contributed by atoms with van der Waals surface area (Å²) >= 11 is 0. The molecule has 0 heterocycles. The summed E-state index contributed by atoms with van der Waals surface area (Å²) in [5, 5.41) is 6.33. The van der Waals surface area contributed by atoms with E-state index < -0.39 is 45.6 Å². The van der Waals surface area contributed by atoms with Crippen LogP contribution in [0.4, 0.5) is 0 Å². The van der Waals surface area contributed by atoms with Crippen molar-refractivity contribution in [2.75, 3.05) is 39.3 Å². The Morgan fingerprint density at radius 3 is 0.543 bits per heavy atom. The average Bonchev–Trinajstić information content (AvgIpc) is 2.90. The predicted octanol–water partition coefficient (Wildman–Crippen LogP) is -0.0714. The van der Waals surface area contributed by atoms with Crippen LogP contribution in [0.25, 0.3) is 0 Å². The van der Waals surface area contributed by atoms with Gasteiger partial charge in [-0.3, -0.25) is 27.4 Å². The summed E-state index contributed by atoms with van der Waals surface area (Å²) in [7, 11) is -23.3. The quantitative estimate of drug-likeness (QED) is 0.0856. The molecule has 0 saturated carbocycles. The van der Waals surface area contributed by atoms with Crippen molar-refractivity contribution in [3.63, 3.8) is 0 Å². The molecule has 0 aromatic rings. The number of hydrogen-bond acceptors (Lipinski definition) is 10. The normalized spacial score (nSPS) is 10.8. The fraction of sp³-hybridized carbons (Fsp3) is 0.333. The lowest BCUT2D eigenvalue weighted by Crippen LogP contribution is -2.32. The van der Waals surface area contributed by atoms with E-state index in [4.69, 9.17) is 70.2 Å². The maximum absolute atomic E-state index is 9.58. The molecule has 18 N–H and O–H groups in total. The van der Waals surface area contributed by atoms with Gasteiger partial charge in [-0.05, 0) is 0 Å². The van der Waals surface area contributed by atoms with Gasteiger partial charge in [0.1, 0.15) is 0 Å². The summed E-state index contributed by atoms with van der Waals surface area (Å²) in [4.78, 5) is 93.8. The Morgan fingerprint density at radius 1 is 0.370 bits per heavy atom. The van der Waals surface area contributed by atoms with E-state index in [0.29, 0.717) is 48.0 Å². The van der Waals surface area contributed by atoms with Gasteiger partial charge in [-0.1, -0.05) is 39.5 Å². The molecule has 28 heteroatoms. The highest BCUT2D eigenvalue weighted by atomic mass is 31.2. The second-order valence-corrected chi connectivity index (χ2v) is 16.0. The van der Waals surface area contributed by atoms with Gasteiger partial charge in [-0.2, -0.15) is 0 Å². The third-order valence-corrected chi connectivity index (χ3v) is 5.40. The first-order valence-corrected chi connectivity index (χ1v) is 21.3. The van der Waals surface area contributed by atoms with E-state index in [0.717, 1.165) is 26.2 Å². The number of nitrogens with two attached hydrogens (primary N) is 2. The lowest BCUT2D eigenvalue weighted by Gasteiger charge is -2.03. The summed E-state index contributed by atoms with van der Waals surface area (Å²) in [5.74, 6) is 3.63. The SMILES string of the molecule is C=CP(=O)(O)O.C=CP(=O)(O)O.C=CP(=O)(O)O.C=CP(=O)(O)O.C=CP(=O)(O)O.C=CP(=O)(O)O.NCCNCCNCCN. The minimum atomic E-state index is -3.88. The average molecular weight is 794 g/mol. The smallest absolute Gasteiger partial charge is 0.329 e. The second-order valence-electron chi connectivity index (χ2n) is 6.71. The van der Waals surface area contributed by atoms with Crippen molar-refractivity contribution < 1.29 is 86.1 Å². The molecule has 0 rings (SSSR count). The van der Waals surface area contributed by atoms with Gasteiger partial charge in [0, 0.05) is 74.2 Å². The standard InChI is InChI=1S/C6H18N4.6C2H5O3P/c7-1-3-9-5-6-10-4-2-8;6*1-2-6(3,4)5/h9-10H,1-8H2;6*2H,1H2,(H2,3,4,5). The highest BCUT2D eigenvalue weighted by molar-refractivity contribution is 7.56. The molecule has 0 spiro atoms. The zero-order valence-electron chi connectivity index (χ0n) is 24.6. The minimum Gasteiger partial charge on any atom is -0.329 e. The molecule has 46 heavy (non-hydrogen) atoms. The largest absolute Gasteiger partial charge is 0.348 e. The van der Waals surface area contributed by atoms with Gasteiger partial charge in [0.2, 0.25) is 0 Å². The van der Waals surface area contributed by atoms with Crippen molar-refractivity contribution in [1.29, 1.82) is 0 Å². The van der Waals surface area contributed by atoms with Crippen LogP contribution in [0, 0.1) is 0 Å². The zero-order valence-corrected chi connectivity index (χ0v) is 30.0. The van der Waals surface area contributed by atoms with Gasteiger partial charge >= 0.3 is 45.6 Å². The van der Waals surface area contributed by atoms with Crippen molar-refractivity contribution in [2.24, 2.45) is 11.5 Å². The van der Waals surface area contributed by atoms with E-state index in [1.165, 1.54) is 0 Å². The highest BCUT2D eigenvalue weighted by Crippen LogP contribution is 2.36. The lowest BCUT2D eigenvalue weighted by molar-refractivity contribution is 0.384. The molecule has 0 amide bonds. The van der Waals surface area contributed by atoms with Crippen LogP contribution in [0.2, 0.25) is 0 Å². The van der Waals surface area contributed by atoms with Crippen LogP contribution in [0.15, 0.2) is 74.4 Å². The number of nitrogens with one attached hydrogen (secondary N) is 2. The Kier molecular flexibility index (Phi) is 44.8. The highest BCUT2D eigenvalue weighted by Gasteiger charge is 2.03. The molecule has 0 fully saturated rings. The van der Waals surface area contributed by atoms with Crippen molar-refractivity contribution in [2.45, 2.75) is 0 Å². The van der Waals surface area contributed by atoms with Crippen LogP contribution in [-0.4, -0.2) is 98.0 Å². The summed E-state index contributed by atoms with van der Waals surface area (Å²) in [6, 6.07) is 0. The molecule has 278 valence electrons. The Morgan fingerprint density at radius 2 is 0.478 bits per heavy atom. The van der Waals surface area contributed by atoms with Gasteiger partial charge in [0.25, 0.3) is 0 Å². The number of hydrogen-bond donors (Lipinski definition) is 16. The van der Waals surface area contributed by atoms with Gasteiger partial charge in [-0.25, -0.2) is 0 Å². The summed E-state index contributed by atoms with van der Waals surface area (Å²) in [6.07, 6.45) is 0.